The molecule has 0 saturated carbocycles. The van der Waals surface area contributed by atoms with Crippen molar-refractivity contribution in [2.45, 2.75) is 40.0 Å². The number of hydrogen-bond acceptors (Lipinski definition) is 3. The zero-order valence-corrected chi connectivity index (χ0v) is 9.95. The van der Waals surface area contributed by atoms with E-state index >= 15 is 0 Å². The van der Waals surface area contributed by atoms with Gasteiger partial charge in [0.05, 0.1) is 0 Å². The van der Waals surface area contributed by atoms with Crippen molar-refractivity contribution >= 4 is 0 Å². The molecule has 1 rings (SSSR count). The molecule has 1 aromatic rings. The second kappa shape index (κ2) is 5.81. The maximum atomic E-state index is 5.52. The Balaban J connectivity index is 2.70. The first-order valence-electron chi connectivity index (χ1n) is 5.65. The molecule has 15 heavy (non-hydrogen) atoms. The monoisotopic (exact) mass is 207 g/mol. The van der Waals surface area contributed by atoms with E-state index in [2.05, 4.69) is 23.8 Å². The minimum absolute atomic E-state index is 0.653. The molecular formula is C12H21N3. The third-order valence-electron chi connectivity index (χ3n) is 2.30. The van der Waals surface area contributed by atoms with E-state index in [-0.39, 0.29) is 0 Å². The Kier molecular flexibility index (Phi) is 4.69. The van der Waals surface area contributed by atoms with Crippen molar-refractivity contribution in [3.8, 4) is 0 Å². The molecular weight excluding hydrogens is 186 g/mol. The van der Waals surface area contributed by atoms with Crippen LogP contribution in [0.1, 0.15) is 37.5 Å². The minimum atomic E-state index is 0.653. The number of nitrogens with two attached hydrogens (primary N) is 1. The first-order valence-corrected chi connectivity index (χ1v) is 5.65. The van der Waals surface area contributed by atoms with E-state index in [0.717, 1.165) is 36.5 Å². The van der Waals surface area contributed by atoms with Crippen molar-refractivity contribution < 1.29 is 0 Å². The molecule has 3 nitrogen and oxygen atoms in total. The van der Waals surface area contributed by atoms with Crippen LogP contribution >= 0.6 is 0 Å². The smallest absolute Gasteiger partial charge is 0.128 e. The number of aryl methyl sites for hydroxylation is 2. The van der Waals surface area contributed by atoms with E-state index in [4.69, 9.17) is 5.73 Å². The van der Waals surface area contributed by atoms with Gasteiger partial charge in [-0.3, -0.25) is 0 Å². The molecule has 0 aliphatic heterocycles. The van der Waals surface area contributed by atoms with Gasteiger partial charge in [-0.2, -0.15) is 0 Å². The highest BCUT2D eigenvalue weighted by Gasteiger charge is 2.03. The van der Waals surface area contributed by atoms with Crippen LogP contribution in [0.3, 0.4) is 0 Å². The zero-order chi connectivity index (χ0) is 11.3. The number of nitrogens with zero attached hydrogens (tertiary/aromatic N) is 2. The Hall–Kier alpha value is -0.960. The molecule has 0 spiro atoms. The highest BCUT2D eigenvalue weighted by Crippen LogP contribution is 2.07. The summed E-state index contributed by atoms with van der Waals surface area (Å²) in [6.45, 7) is 7.10. The van der Waals surface area contributed by atoms with E-state index in [1.807, 2.05) is 13.0 Å². The highest BCUT2D eigenvalue weighted by atomic mass is 14.9. The van der Waals surface area contributed by atoms with Gasteiger partial charge in [0, 0.05) is 24.2 Å². The van der Waals surface area contributed by atoms with Gasteiger partial charge in [0.1, 0.15) is 5.82 Å². The molecule has 0 fully saturated rings. The molecule has 0 atom stereocenters. The van der Waals surface area contributed by atoms with Crippen molar-refractivity contribution in [3.63, 3.8) is 0 Å². The molecule has 0 saturated heterocycles. The molecule has 84 valence electrons. The van der Waals surface area contributed by atoms with E-state index in [9.17, 15) is 0 Å². The zero-order valence-electron chi connectivity index (χ0n) is 9.95. The second-order valence-corrected chi connectivity index (χ2v) is 4.39. The van der Waals surface area contributed by atoms with Crippen LogP contribution in [0.15, 0.2) is 6.07 Å². The molecule has 0 aliphatic carbocycles. The highest BCUT2D eigenvalue weighted by molar-refractivity contribution is 5.10. The topological polar surface area (TPSA) is 51.8 Å². The third kappa shape index (κ3) is 4.38. The lowest BCUT2D eigenvalue weighted by atomic mass is 10.1. The Morgan fingerprint density at radius 1 is 1.27 bits per heavy atom. The SMILES string of the molecule is Cc1cc(CCN)nc(CCC(C)C)n1. The summed E-state index contributed by atoms with van der Waals surface area (Å²) in [6, 6.07) is 2.02. The van der Waals surface area contributed by atoms with Gasteiger partial charge in [0.15, 0.2) is 0 Å². The molecule has 3 heteroatoms. The van der Waals surface area contributed by atoms with Crippen molar-refractivity contribution in [2.75, 3.05) is 6.54 Å². The Morgan fingerprint density at radius 2 is 2.00 bits per heavy atom. The molecule has 0 aromatic carbocycles. The summed E-state index contributed by atoms with van der Waals surface area (Å²) >= 11 is 0. The van der Waals surface area contributed by atoms with Gasteiger partial charge in [-0.25, -0.2) is 9.97 Å². The van der Waals surface area contributed by atoms with E-state index < -0.39 is 0 Å². The predicted octanol–water partition coefficient (Wildman–Crippen LogP) is 1.87. The van der Waals surface area contributed by atoms with Crippen molar-refractivity contribution in [1.29, 1.82) is 0 Å². The molecule has 0 radical (unpaired) electrons. The Morgan fingerprint density at radius 3 is 2.60 bits per heavy atom. The van der Waals surface area contributed by atoms with Gasteiger partial charge < -0.3 is 5.73 Å². The molecule has 0 bridgehead atoms. The lowest BCUT2D eigenvalue weighted by Gasteiger charge is -2.06. The third-order valence-corrected chi connectivity index (χ3v) is 2.30. The molecule has 0 aliphatic rings. The van der Waals surface area contributed by atoms with Gasteiger partial charge in [0.25, 0.3) is 0 Å². The molecule has 0 amide bonds. The summed E-state index contributed by atoms with van der Waals surface area (Å²) in [5, 5.41) is 0. The van der Waals surface area contributed by atoms with Crippen LogP contribution in [0.2, 0.25) is 0 Å². The summed E-state index contributed by atoms with van der Waals surface area (Å²) in [5.41, 5.74) is 7.64. The normalized spacial score (nSPS) is 11.0. The summed E-state index contributed by atoms with van der Waals surface area (Å²) in [6.07, 6.45) is 2.96. The first-order chi connectivity index (χ1) is 7.11. The van der Waals surface area contributed by atoms with Crippen LogP contribution in [0.5, 0.6) is 0 Å². The summed E-state index contributed by atoms with van der Waals surface area (Å²) < 4.78 is 0. The summed E-state index contributed by atoms with van der Waals surface area (Å²) in [4.78, 5) is 8.94. The Labute approximate surface area is 92.1 Å². The fraction of sp³-hybridized carbons (Fsp3) is 0.667. The summed E-state index contributed by atoms with van der Waals surface area (Å²) in [7, 11) is 0. The first kappa shape index (κ1) is 12.1. The van der Waals surface area contributed by atoms with Gasteiger partial charge in [-0.15, -0.1) is 0 Å². The second-order valence-electron chi connectivity index (χ2n) is 4.39. The minimum Gasteiger partial charge on any atom is -0.330 e. The average Bonchev–Trinajstić information content (AvgIpc) is 2.14. The number of rotatable bonds is 5. The molecule has 1 aromatic heterocycles. The van der Waals surface area contributed by atoms with Gasteiger partial charge >= 0.3 is 0 Å². The number of hydrogen-bond donors (Lipinski definition) is 1. The maximum Gasteiger partial charge on any atom is 0.128 e. The van der Waals surface area contributed by atoms with Gasteiger partial charge in [0.2, 0.25) is 0 Å². The Bertz CT molecular complexity index is 308. The fourth-order valence-corrected chi connectivity index (χ4v) is 1.51. The van der Waals surface area contributed by atoms with Crippen LogP contribution < -0.4 is 5.73 Å². The standard InChI is InChI=1S/C12H21N3/c1-9(2)4-5-12-14-10(3)8-11(15-12)6-7-13/h8-9H,4-7,13H2,1-3H3. The van der Waals surface area contributed by atoms with Crippen LogP contribution in [0.4, 0.5) is 0 Å². The van der Waals surface area contributed by atoms with Gasteiger partial charge in [-0.05, 0) is 31.9 Å². The lowest BCUT2D eigenvalue weighted by Crippen LogP contribution is -2.08. The van der Waals surface area contributed by atoms with Crippen LogP contribution in [0, 0.1) is 12.8 Å². The van der Waals surface area contributed by atoms with E-state index in [1.165, 1.54) is 0 Å². The quantitative estimate of drug-likeness (QED) is 0.802. The lowest BCUT2D eigenvalue weighted by molar-refractivity contribution is 0.572. The van der Waals surface area contributed by atoms with Crippen molar-refractivity contribution in [1.82, 2.24) is 9.97 Å². The van der Waals surface area contributed by atoms with Crippen LogP contribution in [-0.4, -0.2) is 16.5 Å². The molecule has 1 heterocycles. The molecule has 2 N–H and O–H groups in total. The summed E-state index contributed by atoms with van der Waals surface area (Å²) in [5.74, 6) is 1.67. The largest absolute Gasteiger partial charge is 0.330 e. The molecule has 0 unspecified atom stereocenters. The predicted molar refractivity (Wildman–Crippen MR) is 62.7 cm³/mol. The van der Waals surface area contributed by atoms with Gasteiger partial charge in [-0.1, -0.05) is 13.8 Å². The fourth-order valence-electron chi connectivity index (χ4n) is 1.51. The van der Waals surface area contributed by atoms with E-state index in [0.29, 0.717) is 12.5 Å². The van der Waals surface area contributed by atoms with Crippen molar-refractivity contribution in [3.05, 3.63) is 23.3 Å². The van der Waals surface area contributed by atoms with E-state index in [1.54, 1.807) is 0 Å². The number of aromatic nitrogens is 2. The van der Waals surface area contributed by atoms with Crippen LogP contribution in [-0.2, 0) is 12.8 Å². The maximum absolute atomic E-state index is 5.52. The van der Waals surface area contributed by atoms with Crippen LogP contribution in [0.25, 0.3) is 0 Å². The van der Waals surface area contributed by atoms with Crippen molar-refractivity contribution in [2.24, 2.45) is 11.7 Å². The average molecular weight is 207 g/mol.